The summed E-state index contributed by atoms with van der Waals surface area (Å²) in [5.74, 6) is -0.728. The first-order valence-electron chi connectivity index (χ1n) is 13.9. The molecule has 2 aliphatic carbocycles. The van der Waals surface area contributed by atoms with Gasteiger partial charge >= 0.3 is 23.3 Å². The topological polar surface area (TPSA) is 157 Å². The van der Waals surface area contributed by atoms with Crippen LogP contribution < -0.4 is 9.47 Å². The van der Waals surface area contributed by atoms with E-state index in [1.54, 1.807) is 39.0 Å². The fraction of sp³-hybridized carbons (Fsp3) is 0.517. The smallest absolute Gasteiger partial charge is 0.347 e. The van der Waals surface area contributed by atoms with Crippen molar-refractivity contribution in [3.05, 3.63) is 66.7 Å². The summed E-state index contributed by atoms with van der Waals surface area (Å²) in [6.07, 6.45) is 3.88. The van der Waals surface area contributed by atoms with Crippen LogP contribution >= 0.6 is 0 Å². The number of nitro benzene ring substituents is 2. The van der Waals surface area contributed by atoms with Crippen LogP contribution in [0.3, 0.4) is 0 Å². The predicted octanol–water partition coefficient (Wildman–Crippen LogP) is 5.22. The number of esters is 2. The number of nitrogens with zero attached hydrogens (tertiary/aromatic N) is 2. The van der Waals surface area contributed by atoms with Gasteiger partial charge in [-0.25, -0.2) is 9.59 Å². The highest BCUT2D eigenvalue weighted by Gasteiger charge is 2.30. The minimum absolute atomic E-state index is 0.0175. The molecule has 0 fully saturated rings. The quantitative estimate of drug-likeness (QED) is 0.199. The minimum atomic E-state index is -0.867. The van der Waals surface area contributed by atoms with E-state index in [1.807, 2.05) is 6.07 Å². The maximum Gasteiger partial charge on any atom is 0.347 e. The lowest BCUT2D eigenvalue weighted by atomic mass is 10.1. The lowest BCUT2D eigenvalue weighted by Crippen LogP contribution is -2.29. The Morgan fingerprint density at radius 1 is 0.805 bits per heavy atom. The third-order valence-electron chi connectivity index (χ3n) is 6.88. The molecule has 2 unspecified atom stereocenters. The Morgan fingerprint density at radius 3 is 2.02 bits per heavy atom. The first-order chi connectivity index (χ1) is 19.6. The first kappa shape index (κ1) is 31.3. The predicted molar refractivity (Wildman–Crippen MR) is 148 cm³/mol. The average Bonchev–Trinajstić information content (AvgIpc) is 3.60. The maximum absolute atomic E-state index is 11.8. The molecular formula is C29H36N2O10. The van der Waals surface area contributed by atoms with Crippen molar-refractivity contribution in [3.63, 3.8) is 0 Å². The van der Waals surface area contributed by atoms with Gasteiger partial charge < -0.3 is 18.9 Å². The van der Waals surface area contributed by atoms with Gasteiger partial charge in [0.1, 0.15) is 0 Å². The van der Waals surface area contributed by atoms with E-state index in [4.69, 9.17) is 18.9 Å². The number of hydrogen-bond acceptors (Lipinski definition) is 10. The van der Waals surface area contributed by atoms with Crippen LogP contribution in [0.25, 0.3) is 0 Å². The molecule has 12 heteroatoms. The lowest BCUT2D eigenvalue weighted by Gasteiger charge is -2.16. The second kappa shape index (κ2) is 14.4. The molecule has 2 aromatic rings. The number of carbonyl (C=O) groups excluding carboxylic acids is 2. The molecule has 0 amide bonds. The zero-order chi connectivity index (χ0) is 30.1. The summed E-state index contributed by atoms with van der Waals surface area (Å²) in [6, 6.07) is 6.67. The van der Waals surface area contributed by atoms with Crippen LogP contribution in [0.5, 0.6) is 11.5 Å². The molecule has 41 heavy (non-hydrogen) atoms. The number of aryl methyl sites for hydroxylation is 3. The Bertz CT molecular complexity index is 1290. The summed E-state index contributed by atoms with van der Waals surface area (Å²) in [6.45, 7) is 7.21. The van der Waals surface area contributed by atoms with Crippen LogP contribution in [-0.2, 0) is 44.7 Å². The van der Waals surface area contributed by atoms with Crippen LogP contribution in [0.1, 0.15) is 69.2 Å². The van der Waals surface area contributed by atoms with E-state index in [1.165, 1.54) is 6.92 Å². The molecule has 2 aliphatic rings. The summed E-state index contributed by atoms with van der Waals surface area (Å²) >= 11 is 0. The van der Waals surface area contributed by atoms with Gasteiger partial charge in [0.25, 0.3) is 0 Å². The van der Waals surface area contributed by atoms with E-state index in [0.29, 0.717) is 12.8 Å². The molecule has 12 nitrogen and oxygen atoms in total. The fourth-order valence-electron chi connectivity index (χ4n) is 4.93. The molecule has 0 saturated carbocycles. The van der Waals surface area contributed by atoms with Crippen LogP contribution in [0, 0.1) is 20.2 Å². The molecule has 0 spiro atoms. The molecule has 0 aromatic heterocycles. The van der Waals surface area contributed by atoms with Crippen LogP contribution in [0.4, 0.5) is 11.4 Å². The zero-order valence-corrected chi connectivity index (χ0v) is 23.8. The Morgan fingerprint density at radius 2 is 1.41 bits per heavy atom. The van der Waals surface area contributed by atoms with Crippen LogP contribution in [0.2, 0.25) is 0 Å². The van der Waals surface area contributed by atoms with Gasteiger partial charge in [-0.2, -0.15) is 0 Å². The Labute approximate surface area is 238 Å². The molecule has 0 N–H and O–H groups in total. The largest absolute Gasteiger partial charge is 0.472 e. The SMILES string of the molecule is CCOC(=O)C(C)Oc1ccc2c(c1[N+](=O)[O-])CCC2.CCOC(=O)C(CC)Oc1cc2c(cc1[N+](=O)[O-])CCC2. The molecule has 4 rings (SSSR count). The van der Waals surface area contributed by atoms with Crippen molar-refractivity contribution in [2.45, 2.75) is 84.8 Å². The van der Waals surface area contributed by atoms with Crippen LogP contribution in [0.15, 0.2) is 24.3 Å². The number of benzene rings is 2. The van der Waals surface area contributed by atoms with Gasteiger partial charge in [-0.1, -0.05) is 13.0 Å². The Balaban J connectivity index is 0.000000226. The van der Waals surface area contributed by atoms with Gasteiger partial charge in [-0.3, -0.25) is 20.2 Å². The third-order valence-corrected chi connectivity index (χ3v) is 6.88. The molecule has 2 atom stereocenters. The Kier molecular flexibility index (Phi) is 11.0. The standard InChI is InChI=1S/C15H19NO5.C14H17NO5/c1-3-13(15(17)20-4-2)21-14-9-11-7-5-6-10(11)8-12(14)16(18)19;1-3-19-14(16)9(2)20-12-8-7-10-5-4-6-11(10)13(12)15(17)18/h8-9,13H,3-7H2,1-2H3;7-9H,3-6H2,1-2H3. The number of carbonyl (C=O) groups is 2. The van der Waals surface area contributed by atoms with Gasteiger partial charge in [0, 0.05) is 11.6 Å². The number of fused-ring (bicyclic) bond motifs is 2. The fourth-order valence-corrected chi connectivity index (χ4v) is 4.93. The van der Waals surface area contributed by atoms with Crippen molar-refractivity contribution in [1.82, 2.24) is 0 Å². The zero-order valence-electron chi connectivity index (χ0n) is 23.8. The summed E-state index contributed by atoms with van der Waals surface area (Å²) < 4.78 is 20.8. The van der Waals surface area contributed by atoms with Crippen LogP contribution in [-0.4, -0.2) is 47.2 Å². The van der Waals surface area contributed by atoms with Gasteiger partial charge in [0.15, 0.2) is 23.7 Å². The van der Waals surface area contributed by atoms with E-state index < -0.39 is 34.0 Å². The van der Waals surface area contributed by atoms with Gasteiger partial charge in [0.2, 0.25) is 0 Å². The van der Waals surface area contributed by atoms with Crippen molar-refractivity contribution >= 4 is 23.3 Å². The third kappa shape index (κ3) is 7.71. The molecule has 0 radical (unpaired) electrons. The molecule has 222 valence electrons. The van der Waals surface area contributed by atoms with Crippen molar-refractivity contribution < 1.29 is 38.4 Å². The molecular weight excluding hydrogens is 536 g/mol. The summed E-state index contributed by atoms with van der Waals surface area (Å²) in [7, 11) is 0. The Hall–Kier alpha value is -4.22. The second-order valence-electron chi connectivity index (χ2n) is 9.64. The molecule has 0 bridgehead atoms. The molecule has 0 heterocycles. The van der Waals surface area contributed by atoms with E-state index in [-0.39, 0.29) is 36.1 Å². The molecule has 0 saturated heterocycles. The number of ether oxygens (including phenoxy) is 4. The molecule has 0 aliphatic heterocycles. The lowest BCUT2D eigenvalue weighted by molar-refractivity contribution is -0.386. The second-order valence-corrected chi connectivity index (χ2v) is 9.64. The molecule has 2 aromatic carbocycles. The summed E-state index contributed by atoms with van der Waals surface area (Å²) in [5.41, 5.74) is 3.68. The maximum atomic E-state index is 11.8. The van der Waals surface area contributed by atoms with E-state index >= 15 is 0 Å². The summed E-state index contributed by atoms with van der Waals surface area (Å²) in [5, 5.41) is 22.5. The first-order valence-corrected chi connectivity index (χ1v) is 13.9. The number of hydrogen-bond donors (Lipinski definition) is 0. The average molecular weight is 573 g/mol. The van der Waals surface area contributed by atoms with Gasteiger partial charge in [-0.15, -0.1) is 0 Å². The highest BCUT2D eigenvalue weighted by molar-refractivity contribution is 5.75. The monoisotopic (exact) mass is 572 g/mol. The van der Waals surface area contributed by atoms with Gasteiger partial charge in [-0.05, 0) is 94.5 Å². The highest BCUT2D eigenvalue weighted by Crippen LogP contribution is 2.38. The van der Waals surface area contributed by atoms with Crippen molar-refractivity contribution in [2.24, 2.45) is 0 Å². The van der Waals surface area contributed by atoms with Crippen molar-refractivity contribution in [3.8, 4) is 11.5 Å². The van der Waals surface area contributed by atoms with Gasteiger partial charge in [0.05, 0.1) is 23.1 Å². The normalized spacial score (nSPS) is 14.4. The number of rotatable bonds is 11. The minimum Gasteiger partial charge on any atom is -0.472 e. The van der Waals surface area contributed by atoms with E-state index in [2.05, 4.69) is 0 Å². The van der Waals surface area contributed by atoms with Crippen molar-refractivity contribution in [1.29, 1.82) is 0 Å². The van der Waals surface area contributed by atoms with E-state index in [0.717, 1.165) is 54.4 Å². The highest BCUT2D eigenvalue weighted by atomic mass is 16.6. The summed E-state index contributed by atoms with van der Waals surface area (Å²) in [4.78, 5) is 44.9. The van der Waals surface area contributed by atoms with Crippen molar-refractivity contribution in [2.75, 3.05) is 13.2 Å². The number of nitro groups is 2. The van der Waals surface area contributed by atoms with E-state index in [9.17, 15) is 29.8 Å².